The number of carbonyl (C=O) groups is 2. The van der Waals surface area contributed by atoms with Crippen molar-refractivity contribution in [3.8, 4) is 0 Å². The predicted molar refractivity (Wildman–Crippen MR) is 76.8 cm³/mol. The molecule has 7 nitrogen and oxygen atoms in total. The van der Waals surface area contributed by atoms with Crippen molar-refractivity contribution >= 4 is 12.0 Å². The summed E-state index contributed by atoms with van der Waals surface area (Å²) >= 11 is 0. The van der Waals surface area contributed by atoms with Crippen LogP contribution < -0.4 is 0 Å². The lowest BCUT2D eigenvalue weighted by atomic mass is 9.93. The van der Waals surface area contributed by atoms with Gasteiger partial charge in [-0.3, -0.25) is 14.4 Å². The maximum atomic E-state index is 11.7. The lowest BCUT2D eigenvalue weighted by Crippen LogP contribution is -2.41. The van der Waals surface area contributed by atoms with Gasteiger partial charge in [0, 0.05) is 26.8 Å². The Hall–Kier alpha value is -2.05. The molecule has 1 saturated heterocycles. The zero-order chi connectivity index (χ0) is 15.6. The molecule has 1 N–H and O–H groups in total. The molecule has 2 atom stereocenters. The highest BCUT2D eigenvalue weighted by atomic mass is 16.4. The van der Waals surface area contributed by atoms with Gasteiger partial charge in [0.2, 0.25) is 5.91 Å². The number of carbonyl (C=O) groups excluding carboxylic acids is 1. The van der Waals surface area contributed by atoms with Crippen LogP contribution in [0.4, 0.5) is 4.79 Å². The SMILES string of the molecule is CC1CCC(c2ccn(CC(=O)N(C)C)n2)N(C(=O)O)C1. The van der Waals surface area contributed by atoms with E-state index < -0.39 is 6.09 Å². The van der Waals surface area contributed by atoms with Crippen LogP contribution in [0.1, 0.15) is 31.5 Å². The maximum Gasteiger partial charge on any atom is 0.407 e. The molecule has 0 aromatic carbocycles. The highest BCUT2D eigenvalue weighted by Crippen LogP contribution is 2.32. The molecule has 0 aliphatic carbocycles. The van der Waals surface area contributed by atoms with Crippen LogP contribution in [0, 0.1) is 5.92 Å². The number of likely N-dealkylation sites (N-methyl/N-ethyl adjacent to an activating group) is 1. The number of aromatic nitrogens is 2. The zero-order valence-corrected chi connectivity index (χ0v) is 12.7. The molecule has 2 rings (SSSR count). The molecule has 1 fully saturated rings. The first-order valence-corrected chi connectivity index (χ1v) is 7.11. The van der Waals surface area contributed by atoms with E-state index in [4.69, 9.17) is 0 Å². The summed E-state index contributed by atoms with van der Waals surface area (Å²) in [5, 5.41) is 13.7. The minimum atomic E-state index is -0.912. The molecule has 7 heteroatoms. The summed E-state index contributed by atoms with van der Waals surface area (Å²) in [6.07, 6.45) is 2.57. The maximum absolute atomic E-state index is 11.7. The summed E-state index contributed by atoms with van der Waals surface area (Å²) in [5.41, 5.74) is 0.718. The highest BCUT2D eigenvalue weighted by molar-refractivity contribution is 5.75. The highest BCUT2D eigenvalue weighted by Gasteiger charge is 2.32. The van der Waals surface area contributed by atoms with Gasteiger partial charge in [0.1, 0.15) is 6.54 Å². The summed E-state index contributed by atoms with van der Waals surface area (Å²) in [5.74, 6) is 0.326. The van der Waals surface area contributed by atoms with Crippen molar-refractivity contribution in [2.45, 2.75) is 32.4 Å². The van der Waals surface area contributed by atoms with E-state index in [2.05, 4.69) is 12.0 Å². The van der Waals surface area contributed by atoms with Crippen LogP contribution in [-0.2, 0) is 11.3 Å². The molecule has 1 aliphatic rings. The van der Waals surface area contributed by atoms with Crippen LogP contribution in [0.25, 0.3) is 0 Å². The number of rotatable bonds is 3. The van der Waals surface area contributed by atoms with Gasteiger partial charge in [-0.05, 0) is 24.8 Å². The molecule has 1 aliphatic heterocycles. The fraction of sp³-hybridized carbons (Fsp3) is 0.643. The van der Waals surface area contributed by atoms with Crippen molar-refractivity contribution in [2.75, 3.05) is 20.6 Å². The first-order valence-electron chi connectivity index (χ1n) is 7.11. The largest absolute Gasteiger partial charge is 0.465 e. The Morgan fingerprint density at radius 3 is 2.76 bits per heavy atom. The van der Waals surface area contributed by atoms with Crippen LogP contribution in [0.3, 0.4) is 0 Å². The predicted octanol–water partition coefficient (Wildman–Crippen LogP) is 1.42. The van der Waals surface area contributed by atoms with E-state index in [1.54, 1.807) is 31.0 Å². The second kappa shape index (κ2) is 6.15. The number of likely N-dealkylation sites (tertiary alicyclic amines) is 1. The summed E-state index contributed by atoms with van der Waals surface area (Å²) in [7, 11) is 3.39. The van der Waals surface area contributed by atoms with Crippen molar-refractivity contribution in [1.29, 1.82) is 0 Å². The molecular formula is C14H22N4O3. The van der Waals surface area contributed by atoms with Crippen molar-refractivity contribution in [1.82, 2.24) is 19.6 Å². The lowest BCUT2D eigenvalue weighted by Gasteiger charge is -2.35. The topological polar surface area (TPSA) is 78.7 Å². The number of carboxylic acid groups (broad SMARTS) is 1. The Morgan fingerprint density at radius 2 is 2.14 bits per heavy atom. The molecule has 116 valence electrons. The molecule has 2 heterocycles. The Morgan fingerprint density at radius 1 is 1.43 bits per heavy atom. The second-order valence-corrected chi connectivity index (χ2v) is 5.86. The Kier molecular flexibility index (Phi) is 4.50. The number of amides is 2. The van der Waals surface area contributed by atoms with Gasteiger partial charge in [-0.2, -0.15) is 5.10 Å². The third-order valence-electron chi connectivity index (χ3n) is 3.86. The molecular weight excluding hydrogens is 272 g/mol. The molecule has 21 heavy (non-hydrogen) atoms. The summed E-state index contributed by atoms with van der Waals surface area (Å²) in [4.78, 5) is 26.0. The van der Waals surface area contributed by atoms with Crippen LogP contribution >= 0.6 is 0 Å². The monoisotopic (exact) mass is 294 g/mol. The molecule has 1 aromatic rings. The molecule has 2 unspecified atom stereocenters. The average Bonchev–Trinajstić information content (AvgIpc) is 2.86. The summed E-state index contributed by atoms with van der Waals surface area (Å²) in [6, 6.07) is 1.59. The second-order valence-electron chi connectivity index (χ2n) is 5.86. The van der Waals surface area contributed by atoms with Gasteiger partial charge < -0.3 is 10.0 Å². The van der Waals surface area contributed by atoms with Gasteiger partial charge >= 0.3 is 6.09 Å². The third kappa shape index (κ3) is 3.53. The number of hydrogen-bond donors (Lipinski definition) is 1. The van der Waals surface area contributed by atoms with E-state index in [9.17, 15) is 14.7 Å². The average molecular weight is 294 g/mol. The number of piperidine rings is 1. The van der Waals surface area contributed by atoms with Crippen molar-refractivity contribution < 1.29 is 14.7 Å². The fourth-order valence-electron chi connectivity index (χ4n) is 2.59. The number of nitrogens with zero attached hydrogens (tertiary/aromatic N) is 4. The molecule has 0 spiro atoms. The minimum Gasteiger partial charge on any atom is -0.465 e. The van der Waals surface area contributed by atoms with E-state index in [1.165, 1.54) is 9.80 Å². The van der Waals surface area contributed by atoms with E-state index in [-0.39, 0.29) is 18.5 Å². The first-order chi connectivity index (χ1) is 9.88. The van der Waals surface area contributed by atoms with E-state index in [1.807, 2.05) is 0 Å². The van der Waals surface area contributed by atoms with Crippen molar-refractivity contribution in [3.05, 3.63) is 18.0 Å². The standard InChI is InChI=1S/C14H22N4O3/c1-10-4-5-12(18(8-10)14(20)21)11-6-7-17(15-11)9-13(19)16(2)3/h6-7,10,12H,4-5,8-9H2,1-3H3,(H,20,21). The molecule has 1 aromatic heterocycles. The molecule has 2 amide bonds. The Bertz CT molecular complexity index is 526. The van der Waals surface area contributed by atoms with Crippen molar-refractivity contribution in [3.63, 3.8) is 0 Å². The quantitative estimate of drug-likeness (QED) is 0.914. The summed E-state index contributed by atoms with van der Waals surface area (Å²) < 4.78 is 1.57. The smallest absolute Gasteiger partial charge is 0.407 e. The van der Waals surface area contributed by atoms with Gasteiger partial charge in [0.25, 0.3) is 0 Å². The molecule has 0 saturated carbocycles. The normalized spacial score (nSPS) is 22.1. The van der Waals surface area contributed by atoms with Gasteiger partial charge in [-0.25, -0.2) is 4.79 Å². The van der Waals surface area contributed by atoms with Gasteiger partial charge in [-0.1, -0.05) is 6.92 Å². The minimum absolute atomic E-state index is 0.0444. The van der Waals surface area contributed by atoms with Gasteiger partial charge in [0.15, 0.2) is 0 Å². The molecule has 0 radical (unpaired) electrons. The molecule has 0 bridgehead atoms. The van der Waals surface area contributed by atoms with Crippen LogP contribution in [0.2, 0.25) is 0 Å². The van der Waals surface area contributed by atoms with Crippen molar-refractivity contribution in [2.24, 2.45) is 5.92 Å². The van der Waals surface area contributed by atoms with Gasteiger partial charge in [0.05, 0.1) is 11.7 Å². The van der Waals surface area contributed by atoms with E-state index in [0.717, 1.165) is 18.5 Å². The van der Waals surface area contributed by atoms with Gasteiger partial charge in [-0.15, -0.1) is 0 Å². The Labute approximate surface area is 124 Å². The Balaban J connectivity index is 2.12. The third-order valence-corrected chi connectivity index (χ3v) is 3.86. The van der Waals surface area contributed by atoms with Crippen LogP contribution in [-0.4, -0.2) is 57.3 Å². The number of hydrogen-bond acceptors (Lipinski definition) is 3. The lowest BCUT2D eigenvalue weighted by molar-refractivity contribution is -0.129. The van der Waals surface area contributed by atoms with E-state index in [0.29, 0.717) is 12.5 Å². The fourth-order valence-corrected chi connectivity index (χ4v) is 2.59. The van der Waals surface area contributed by atoms with E-state index >= 15 is 0 Å². The first kappa shape index (κ1) is 15.3. The van der Waals surface area contributed by atoms with Crippen LogP contribution in [0.5, 0.6) is 0 Å². The zero-order valence-electron chi connectivity index (χ0n) is 12.7. The summed E-state index contributed by atoms with van der Waals surface area (Å²) in [6.45, 7) is 2.76. The van der Waals surface area contributed by atoms with Crippen LogP contribution in [0.15, 0.2) is 12.3 Å².